The van der Waals surface area contributed by atoms with Gasteiger partial charge in [0.2, 0.25) is 0 Å². The molecular formula is C17H25FN2O2. The lowest BCUT2D eigenvalue weighted by atomic mass is 10.2. The lowest BCUT2D eigenvalue weighted by Gasteiger charge is -2.31. The second-order valence-electron chi connectivity index (χ2n) is 6.35. The SMILES string of the molecule is O[C@H](CN1CCOCC1)CN(Cc1ccc(F)cc1)C1CC1. The van der Waals surface area contributed by atoms with Gasteiger partial charge in [0.1, 0.15) is 5.82 Å². The minimum atomic E-state index is -0.348. The van der Waals surface area contributed by atoms with Crippen molar-refractivity contribution < 1.29 is 14.2 Å². The maximum absolute atomic E-state index is 13.0. The molecule has 1 aliphatic carbocycles. The molecule has 4 nitrogen and oxygen atoms in total. The van der Waals surface area contributed by atoms with Crippen molar-refractivity contribution in [1.29, 1.82) is 0 Å². The van der Waals surface area contributed by atoms with Gasteiger partial charge in [-0.3, -0.25) is 9.80 Å². The molecule has 1 saturated heterocycles. The minimum absolute atomic E-state index is 0.200. The van der Waals surface area contributed by atoms with Crippen LogP contribution >= 0.6 is 0 Å². The Morgan fingerprint density at radius 2 is 1.91 bits per heavy atom. The zero-order chi connectivity index (χ0) is 15.4. The molecule has 0 aromatic heterocycles. The van der Waals surface area contributed by atoms with Crippen LogP contribution in [-0.4, -0.2) is 66.4 Å². The fourth-order valence-electron chi connectivity index (χ4n) is 3.02. The third-order valence-corrected chi connectivity index (χ3v) is 4.38. The molecule has 0 amide bonds. The van der Waals surface area contributed by atoms with E-state index in [2.05, 4.69) is 9.80 Å². The summed E-state index contributed by atoms with van der Waals surface area (Å²) in [5.41, 5.74) is 1.10. The van der Waals surface area contributed by atoms with Gasteiger partial charge in [0.25, 0.3) is 0 Å². The Balaban J connectivity index is 1.51. The maximum Gasteiger partial charge on any atom is 0.123 e. The maximum atomic E-state index is 13.0. The molecule has 1 aromatic rings. The average Bonchev–Trinajstić information content (AvgIpc) is 3.34. The molecule has 1 N–H and O–H groups in total. The first-order valence-electron chi connectivity index (χ1n) is 8.17. The van der Waals surface area contributed by atoms with Crippen LogP contribution < -0.4 is 0 Å². The fraction of sp³-hybridized carbons (Fsp3) is 0.647. The average molecular weight is 308 g/mol. The van der Waals surface area contributed by atoms with Crippen LogP contribution in [0.2, 0.25) is 0 Å². The number of morpholine rings is 1. The summed E-state index contributed by atoms with van der Waals surface area (Å²) in [5.74, 6) is -0.200. The normalized spacial score (nSPS) is 21.2. The first kappa shape index (κ1) is 15.9. The third-order valence-electron chi connectivity index (χ3n) is 4.38. The van der Waals surface area contributed by atoms with Crippen molar-refractivity contribution in [2.45, 2.75) is 31.5 Å². The largest absolute Gasteiger partial charge is 0.390 e. The van der Waals surface area contributed by atoms with E-state index in [9.17, 15) is 9.50 Å². The Hall–Kier alpha value is -1.01. The topological polar surface area (TPSA) is 35.9 Å². The standard InChI is InChI=1S/C17H25FN2O2/c18-15-3-1-14(2-4-15)11-20(16-5-6-16)13-17(21)12-19-7-9-22-10-8-19/h1-4,16-17,21H,5-13H2/t17-/m1/s1. The molecular weight excluding hydrogens is 283 g/mol. The van der Waals surface area contributed by atoms with Crippen LogP contribution in [0.1, 0.15) is 18.4 Å². The summed E-state index contributed by atoms with van der Waals surface area (Å²) in [6, 6.07) is 7.25. The number of rotatable bonds is 7. The predicted octanol–water partition coefficient (Wildman–Crippen LogP) is 1.48. The molecule has 1 saturated carbocycles. The molecule has 22 heavy (non-hydrogen) atoms. The first-order valence-corrected chi connectivity index (χ1v) is 8.17. The number of benzene rings is 1. The van der Waals surface area contributed by atoms with Crippen molar-refractivity contribution in [3.63, 3.8) is 0 Å². The highest BCUT2D eigenvalue weighted by atomic mass is 19.1. The van der Waals surface area contributed by atoms with Crippen LogP contribution in [-0.2, 0) is 11.3 Å². The van der Waals surface area contributed by atoms with Crippen molar-refractivity contribution in [3.8, 4) is 0 Å². The Kier molecular flexibility index (Phi) is 5.41. The van der Waals surface area contributed by atoms with E-state index in [1.54, 1.807) is 0 Å². The number of aliphatic hydroxyl groups excluding tert-OH is 1. The van der Waals surface area contributed by atoms with Gasteiger partial charge in [-0.25, -0.2) is 4.39 Å². The summed E-state index contributed by atoms with van der Waals surface area (Å²) in [6.07, 6.45) is 2.05. The van der Waals surface area contributed by atoms with Crippen LogP contribution in [0.5, 0.6) is 0 Å². The third kappa shape index (κ3) is 4.74. The van der Waals surface area contributed by atoms with Crippen LogP contribution in [0.25, 0.3) is 0 Å². The molecule has 0 spiro atoms. The molecule has 5 heteroatoms. The smallest absolute Gasteiger partial charge is 0.123 e. The zero-order valence-corrected chi connectivity index (χ0v) is 13.0. The summed E-state index contributed by atoms with van der Waals surface area (Å²) in [6.45, 7) is 5.49. The summed E-state index contributed by atoms with van der Waals surface area (Å²) in [4.78, 5) is 4.59. The summed E-state index contributed by atoms with van der Waals surface area (Å²) < 4.78 is 18.3. The minimum Gasteiger partial charge on any atom is -0.390 e. The molecule has 0 radical (unpaired) electrons. The Labute approximate surface area is 131 Å². The van der Waals surface area contributed by atoms with Gasteiger partial charge in [0.05, 0.1) is 19.3 Å². The molecule has 122 valence electrons. The molecule has 1 atom stereocenters. The number of halogens is 1. The monoisotopic (exact) mass is 308 g/mol. The van der Waals surface area contributed by atoms with Gasteiger partial charge in [-0.05, 0) is 30.5 Å². The Bertz CT molecular complexity index is 458. The Morgan fingerprint density at radius 1 is 1.23 bits per heavy atom. The summed E-state index contributed by atoms with van der Waals surface area (Å²) in [7, 11) is 0. The van der Waals surface area contributed by atoms with Crippen LogP contribution in [0.15, 0.2) is 24.3 Å². The summed E-state index contributed by atoms with van der Waals surface area (Å²) in [5, 5.41) is 10.4. The Morgan fingerprint density at radius 3 is 2.55 bits per heavy atom. The van der Waals surface area contributed by atoms with Gasteiger partial charge in [0.15, 0.2) is 0 Å². The molecule has 1 aliphatic heterocycles. The lowest BCUT2D eigenvalue weighted by molar-refractivity contribution is 0.00551. The van der Waals surface area contributed by atoms with E-state index in [0.717, 1.165) is 38.4 Å². The van der Waals surface area contributed by atoms with E-state index < -0.39 is 0 Å². The highest BCUT2D eigenvalue weighted by Gasteiger charge is 2.30. The van der Waals surface area contributed by atoms with Crippen molar-refractivity contribution >= 4 is 0 Å². The van der Waals surface area contributed by atoms with E-state index >= 15 is 0 Å². The summed E-state index contributed by atoms with van der Waals surface area (Å²) >= 11 is 0. The van der Waals surface area contributed by atoms with Gasteiger partial charge >= 0.3 is 0 Å². The quantitative estimate of drug-likeness (QED) is 0.828. The number of hydrogen-bond acceptors (Lipinski definition) is 4. The van der Waals surface area contributed by atoms with Crippen molar-refractivity contribution in [1.82, 2.24) is 9.80 Å². The van der Waals surface area contributed by atoms with Gasteiger partial charge in [-0.1, -0.05) is 12.1 Å². The van der Waals surface area contributed by atoms with Crippen LogP contribution in [0, 0.1) is 5.82 Å². The van der Waals surface area contributed by atoms with E-state index in [1.807, 2.05) is 12.1 Å². The molecule has 3 rings (SSSR count). The highest BCUT2D eigenvalue weighted by molar-refractivity contribution is 5.16. The van der Waals surface area contributed by atoms with Crippen molar-refractivity contribution in [2.75, 3.05) is 39.4 Å². The van der Waals surface area contributed by atoms with Crippen LogP contribution in [0.3, 0.4) is 0 Å². The number of aliphatic hydroxyl groups is 1. The lowest BCUT2D eigenvalue weighted by Crippen LogP contribution is -2.45. The van der Waals surface area contributed by atoms with E-state index in [-0.39, 0.29) is 11.9 Å². The molecule has 0 unspecified atom stereocenters. The molecule has 2 fully saturated rings. The predicted molar refractivity (Wildman–Crippen MR) is 83.1 cm³/mol. The molecule has 2 aliphatic rings. The molecule has 1 aromatic carbocycles. The number of β-amino-alcohol motifs (C(OH)–C–C–N with tert-alkyl or cyclic N) is 1. The van der Waals surface area contributed by atoms with Gasteiger partial charge in [-0.15, -0.1) is 0 Å². The van der Waals surface area contributed by atoms with Gasteiger partial charge in [0, 0.05) is 38.8 Å². The van der Waals surface area contributed by atoms with E-state index in [4.69, 9.17) is 4.74 Å². The zero-order valence-electron chi connectivity index (χ0n) is 13.0. The molecule has 1 heterocycles. The fourth-order valence-corrected chi connectivity index (χ4v) is 3.02. The van der Waals surface area contributed by atoms with Crippen LogP contribution in [0.4, 0.5) is 4.39 Å². The second-order valence-corrected chi connectivity index (χ2v) is 6.35. The van der Waals surface area contributed by atoms with Gasteiger partial charge < -0.3 is 9.84 Å². The highest BCUT2D eigenvalue weighted by Crippen LogP contribution is 2.28. The van der Waals surface area contributed by atoms with Gasteiger partial charge in [-0.2, -0.15) is 0 Å². The van der Waals surface area contributed by atoms with Crippen molar-refractivity contribution in [3.05, 3.63) is 35.6 Å². The van der Waals surface area contributed by atoms with E-state index in [1.165, 1.54) is 25.0 Å². The number of hydrogen-bond donors (Lipinski definition) is 1. The van der Waals surface area contributed by atoms with Crippen molar-refractivity contribution in [2.24, 2.45) is 0 Å². The number of nitrogens with zero attached hydrogens (tertiary/aromatic N) is 2. The second kappa shape index (κ2) is 7.51. The van der Waals surface area contributed by atoms with E-state index in [0.29, 0.717) is 19.1 Å². The first-order chi connectivity index (χ1) is 10.7. The molecule has 0 bridgehead atoms. The number of ether oxygens (including phenoxy) is 1.